The third-order valence-corrected chi connectivity index (χ3v) is 2.31. The average molecular weight is 152 g/mol. The van der Waals surface area contributed by atoms with E-state index in [1.54, 1.807) is 11.3 Å². The Kier molecular flexibility index (Phi) is 2.35. The van der Waals surface area contributed by atoms with E-state index in [1.807, 2.05) is 30.5 Å². The van der Waals surface area contributed by atoms with E-state index in [1.165, 1.54) is 4.88 Å². The van der Waals surface area contributed by atoms with Crippen molar-refractivity contribution in [2.75, 3.05) is 0 Å². The highest BCUT2D eigenvalue weighted by Gasteiger charge is 2.00. The molecule has 0 saturated heterocycles. The van der Waals surface area contributed by atoms with Gasteiger partial charge < -0.3 is 5.11 Å². The molecule has 1 aromatic heterocycles. The average Bonchev–Trinajstić information content (AvgIpc) is 2.38. The van der Waals surface area contributed by atoms with E-state index in [0.29, 0.717) is 0 Å². The van der Waals surface area contributed by atoms with E-state index in [4.69, 9.17) is 5.11 Å². The van der Waals surface area contributed by atoms with Gasteiger partial charge in [-0.05, 0) is 18.4 Å². The third-order valence-electron chi connectivity index (χ3n) is 1.25. The second-order valence-corrected chi connectivity index (χ2v) is 2.97. The summed E-state index contributed by atoms with van der Waals surface area (Å²) in [4.78, 5) is 1.20. The van der Waals surface area contributed by atoms with E-state index in [2.05, 4.69) is 5.92 Å². The van der Waals surface area contributed by atoms with Gasteiger partial charge >= 0.3 is 0 Å². The summed E-state index contributed by atoms with van der Waals surface area (Å²) in [5, 5.41) is 10.3. The van der Waals surface area contributed by atoms with Crippen LogP contribution in [0.15, 0.2) is 17.5 Å². The Balaban J connectivity index is 2.74. The molecule has 0 aromatic carbocycles. The van der Waals surface area contributed by atoms with Crippen LogP contribution in [0.4, 0.5) is 0 Å². The van der Waals surface area contributed by atoms with Gasteiger partial charge in [-0.2, -0.15) is 0 Å². The van der Waals surface area contributed by atoms with Crippen molar-refractivity contribution >= 4 is 11.3 Å². The SMILES string of the molecule is CC(C#CO)c1cccs1. The molecule has 0 spiro atoms. The van der Waals surface area contributed by atoms with Crippen molar-refractivity contribution in [1.29, 1.82) is 0 Å². The largest absolute Gasteiger partial charge is 0.462 e. The fraction of sp³-hybridized carbons (Fsp3) is 0.250. The van der Waals surface area contributed by atoms with E-state index < -0.39 is 0 Å². The molecular weight excluding hydrogens is 144 g/mol. The van der Waals surface area contributed by atoms with Crippen molar-refractivity contribution in [2.45, 2.75) is 12.8 Å². The second kappa shape index (κ2) is 3.28. The summed E-state index contributed by atoms with van der Waals surface area (Å²) in [6.45, 7) is 1.97. The zero-order valence-corrected chi connectivity index (χ0v) is 6.48. The van der Waals surface area contributed by atoms with Crippen molar-refractivity contribution in [3.05, 3.63) is 22.4 Å². The maximum atomic E-state index is 8.28. The Morgan fingerprint density at radius 2 is 2.50 bits per heavy atom. The number of aliphatic hydroxyl groups excluding tert-OH is 1. The summed E-state index contributed by atoms with van der Waals surface area (Å²) in [5.41, 5.74) is 0. The molecule has 1 heterocycles. The van der Waals surface area contributed by atoms with Crippen LogP contribution in [0.2, 0.25) is 0 Å². The molecule has 1 nitrogen and oxygen atoms in total. The van der Waals surface area contributed by atoms with Crippen LogP contribution in [0.1, 0.15) is 17.7 Å². The molecule has 0 aliphatic carbocycles. The van der Waals surface area contributed by atoms with Gasteiger partial charge in [-0.1, -0.05) is 12.0 Å². The zero-order valence-electron chi connectivity index (χ0n) is 5.66. The lowest BCUT2D eigenvalue weighted by Gasteiger charge is -1.95. The van der Waals surface area contributed by atoms with Gasteiger partial charge in [0.25, 0.3) is 0 Å². The third kappa shape index (κ3) is 1.52. The van der Waals surface area contributed by atoms with Crippen LogP contribution in [-0.4, -0.2) is 5.11 Å². The summed E-state index contributed by atoms with van der Waals surface area (Å²) < 4.78 is 0. The van der Waals surface area contributed by atoms with E-state index in [-0.39, 0.29) is 5.92 Å². The Bertz CT molecular complexity index is 240. The maximum Gasteiger partial charge on any atom is 0.108 e. The van der Waals surface area contributed by atoms with Crippen LogP contribution in [-0.2, 0) is 0 Å². The van der Waals surface area contributed by atoms with Crippen LogP contribution in [0.25, 0.3) is 0 Å². The molecular formula is C8H8OS. The molecule has 0 aliphatic rings. The smallest absolute Gasteiger partial charge is 0.108 e. The number of hydrogen-bond acceptors (Lipinski definition) is 2. The van der Waals surface area contributed by atoms with Gasteiger partial charge in [0.15, 0.2) is 0 Å². The number of thiophene rings is 1. The van der Waals surface area contributed by atoms with Gasteiger partial charge in [0.2, 0.25) is 0 Å². The molecule has 0 fully saturated rings. The number of aliphatic hydroxyl groups is 1. The molecule has 1 atom stereocenters. The van der Waals surface area contributed by atoms with Gasteiger partial charge in [0.05, 0.1) is 5.92 Å². The van der Waals surface area contributed by atoms with E-state index >= 15 is 0 Å². The first-order valence-electron chi connectivity index (χ1n) is 3.02. The molecule has 0 amide bonds. The lowest BCUT2D eigenvalue weighted by Crippen LogP contribution is -1.82. The predicted molar refractivity (Wildman–Crippen MR) is 42.4 cm³/mol. The molecule has 0 bridgehead atoms. The Labute approximate surface area is 64.3 Å². The summed E-state index contributed by atoms with van der Waals surface area (Å²) in [5.74, 6) is 2.82. The molecule has 1 unspecified atom stereocenters. The summed E-state index contributed by atoms with van der Waals surface area (Å²) in [7, 11) is 0. The highest BCUT2D eigenvalue weighted by Crippen LogP contribution is 2.19. The molecule has 1 N–H and O–H groups in total. The Morgan fingerprint density at radius 3 is 3.00 bits per heavy atom. The zero-order chi connectivity index (χ0) is 7.40. The first-order valence-corrected chi connectivity index (χ1v) is 3.90. The fourth-order valence-corrected chi connectivity index (χ4v) is 1.44. The van der Waals surface area contributed by atoms with Crippen molar-refractivity contribution in [2.24, 2.45) is 0 Å². The summed E-state index contributed by atoms with van der Waals surface area (Å²) in [6, 6.07) is 4.00. The minimum Gasteiger partial charge on any atom is -0.462 e. The molecule has 0 saturated carbocycles. The van der Waals surface area contributed by atoms with Crippen molar-refractivity contribution in [1.82, 2.24) is 0 Å². The number of hydrogen-bond donors (Lipinski definition) is 1. The van der Waals surface area contributed by atoms with Crippen molar-refractivity contribution < 1.29 is 5.11 Å². The second-order valence-electron chi connectivity index (χ2n) is 1.99. The topological polar surface area (TPSA) is 20.2 Å². The number of rotatable bonds is 1. The normalized spacial score (nSPS) is 11.7. The molecule has 1 aromatic rings. The lowest BCUT2D eigenvalue weighted by atomic mass is 10.1. The van der Waals surface area contributed by atoms with Crippen molar-refractivity contribution in [3.63, 3.8) is 0 Å². The summed E-state index contributed by atoms with van der Waals surface area (Å²) >= 11 is 1.66. The van der Waals surface area contributed by atoms with Crippen LogP contribution in [0, 0.1) is 12.0 Å². The molecule has 52 valence electrons. The minimum atomic E-state index is 0.157. The molecule has 10 heavy (non-hydrogen) atoms. The molecule has 2 heteroatoms. The summed E-state index contributed by atoms with van der Waals surface area (Å²) in [6.07, 6.45) is 1.91. The molecule has 0 aliphatic heterocycles. The first-order chi connectivity index (χ1) is 4.84. The minimum absolute atomic E-state index is 0.157. The van der Waals surface area contributed by atoms with Crippen LogP contribution < -0.4 is 0 Å². The maximum absolute atomic E-state index is 8.28. The lowest BCUT2D eigenvalue weighted by molar-refractivity contribution is 0.515. The van der Waals surface area contributed by atoms with Gasteiger partial charge in [-0.25, -0.2) is 0 Å². The van der Waals surface area contributed by atoms with Crippen molar-refractivity contribution in [3.8, 4) is 12.0 Å². The van der Waals surface area contributed by atoms with E-state index in [9.17, 15) is 0 Å². The monoisotopic (exact) mass is 152 g/mol. The highest BCUT2D eigenvalue weighted by atomic mass is 32.1. The van der Waals surface area contributed by atoms with Crippen LogP contribution >= 0.6 is 11.3 Å². The van der Waals surface area contributed by atoms with Crippen LogP contribution in [0.5, 0.6) is 0 Å². The van der Waals surface area contributed by atoms with Gasteiger partial charge in [0.1, 0.15) is 6.11 Å². The Morgan fingerprint density at radius 1 is 1.70 bits per heavy atom. The standard InChI is InChI=1S/C8H8OS/c1-7(4-5-9)8-3-2-6-10-8/h2-3,6-7,9H,1H3. The van der Waals surface area contributed by atoms with E-state index in [0.717, 1.165) is 0 Å². The van der Waals surface area contributed by atoms with Crippen LogP contribution in [0.3, 0.4) is 0 Å². The van der Waals surface area contributed by atoms with Gasteiger partial charge in [0, 0.05) is 4.88 Å². The quantitative estimate of drug-likeness (QED) is 0.611. The molecule has 0 radical (unpaired) electrons. The fourth-order valence-electron chi connectivity index (χ4n) is 0.706. The first kappa shape index (κ1) is 7.17. The molecule has 1 rings (SSSR count). The van der Waals surface area contributed by atoms with Gasteiger partial charge in [-0.3, -0.25) is 0 Å². The van der Waals surface area contributed by atoms with Gasteiger partial charge in [-0.15, -0.1) is 11.3 Å². The predicted octanol–water partition coefficient (Wildman–Crippen LogP) is 2.19. The highest BCUT2D eigenvalue weighted by molar-refractivity contribution is 7.10. The Hall–Kier alpha value is -0.940.